The van der Waals surface area contributed by atoms with Gasteiger partial charge in [-0.1, -0.05) is 23.2 Å². The third kappa shape index (κ3) is 4.75. The highest BCUT2D eigenvalue weighted by Crippen LogP contribution is 2.23. The number of hydrogen-bond acceptors (Lipinski definition) is 7. The number of aliphatic hydroxyl groups is 4. The van der Waals surface area contributed by atoms with Crippen molar-refractivity contribution in [2.24, 2.45) is 0 Å². The molecule has 0 aliphatic heterocycles. The maximum atomic E-state index is 10.5. The van der Waals surface area contributed by atoms with Crippen LogP contribution in [0.5, 0.6) is 0 Å². The van der Waals surface area contributed by atoms with E-state index in [4.69, 9.17) is 23.2 Å². The lowest BCUT2D eigenvalue weighted by Crippen LogP contribution is -2.57. The summed E-state index contributed by atoms with van der Waals surface area (Å²) >= 11 is 10.7. The number of nitro groups is 1. The number of hydrogen-bond donors (Lipinski definition) is 5. The van der Waals surface area contributed by atoms with Gasteiger partial charge in [-0.05, 0) is 17.7 Å². The molecule has 0 saturated heterocycles. The Morgan fingerprint density at radius 2 is 1.81 bits per heavy atom. The van der Waals surface area contributed by atoms with Crippen molar-refractivity contribution >= 4 is 28.9 Å². The van der Waals surface area contributed by atoms with Crippen molar-refractivity contribution in [2.45, 2.75) is 22.9 Å². The molecular formula is C11H14Cl2N2O6. The van der Waals surface area contributed by atoms with E-state index in [0.717, 1.165) is 0 Å². The Morgan fingerprint density at radius 1 is 1.29 bits per heavy atom. The van der Waals surface area contributed by atoms with E-state index in [1.54, 1.807) is 0 Å². The molecular weight excluding hydrogens is 327 g/mol. The first-order valence-electron chi connectivity index (χ1n) is 5.73. The second kappa shape index (κ2) is 7.32. The van der Waals surface area contributed by atoms with Gasteiger partial charge in [0.15, 0.2) is 4.84 Å². The van der Waals surface area contributed by atoms with E-state index in [2.05, 4.69) is 5.32 Å². The van der Waals surface area contributed by atoms with Crippen molar-refractivity contribution in [3.8, 4) is 0 Å². The van der Waals surface area contributed by atoms with Gasteiger partial charge in [-0.25, -0.2) is 0 Å². The van der Waals surface area contributed by atoms with Crippen LogP contribution in [0.25, 0.3) is 0 Å². The largest absolute Gasteiger partial charge is 0.395 e. The second-order valence-corrected chi connectivity index (χ2v) is 5.35. The van der Waals surface area contributed by atoms with Gasteiger partial charge in [-0.2, -0.15) is 0 Å². The standard InChI is InChI=1S/C11H14Cl2N2O6/c12-10(13)11(18,19)14-8(5-16)9(17)6-1-3-7(4-2-6)15(20)21/h1-4,8-10,14,16-19H,5H2/t8-,9-/m1/s1. The monoisotopic (exact) mass is 340 g/mol. The third-order valence-electron chi connectivity index (χ3n) is 2.73. The SMILES string of the molecule is O=[N+]([O-])c1ccc([C@@H](O)[C@@H](CO)NC(O)(O)C(Cl)Cl)cc1. The summed E-state index contributed by atoms with van der Waals surface area (Å²) in [6, 6.07) is 3.69. The number of nitrogens with zero attached hydrogens (tertiary/aromatic N) is 1. The summed E-state index contributed by atoms with van der Waals surface area (Å²) in [5.74, 6) is -2.72. The minimum Gasteiger partial charge on any atom is -0.395 e. The van der Waals surface area contributed by atoms with Crippen LogP contribution in [0, 0.1) is 10.1 Å². The number of halogens is 2. The van der Waals surface area contributed by atoms with Crippen LogP contribution in [-0.2, 0) is 0 Å². The number of nitrogens with one attached hydrogen (secondary N) is 1. The molecule has 0 fully saturated rings. The van der Waals surface area contributed by atoms with Gasteiger partial charge < -0.3 is 20.4 Å². The molecule has 10 heteroatoms. The molecule has 5 N–H and O–H groups in total. The van der Waals surface area contributed by atoms with Crippen LogP contribution in [0.15, 0.2) is 24.3 Å². The summed E-state index contributed by atoms with van der Waals surface area (Å²) in [5.41, 5.74) is 0.0587. The molecule has 0 aliphatic rings. The molecule has 8 nitrogen and oxygen atoms in total. The van der Waals surface area contributed by atoms with Crippen LogP contribution < -0.4 is 5.32 Å². The number of nitro benzene ring substituents is 1. The van der Waals surface area contributed by atoms with Gasteiger partial charge in [0, 0.05) is 12.1 Å². The molecule has 0 radical (unpaired) electrons. The zero-order valence-corrected chi connectivity index (χ0v) is 12.1. The molecule has 118 valence electrons. The molecule has 0 saturated carbocycles. The van der Waals surface area contributed by atoms with Crippen LogP contribution in [0.4, 0.5) is 5.69 Å². The third-order valence-corrected chi connectivity index (χ3v) is 3.33. The van der Waals surface area contributed by atoms with E-state index in [0.29, 0.717) is 0 Å². The molecule has 0 aromatic heterocycles. The minimum absolute atomic E-state index is 0.167. The topological polar surface area (TPSA) is 136 Å². The predicted octanol–water partition coefficient (Wildman–Crippen LogP) is 0.0208. The van der Waals surface area contributed by atoms with Gasteiger partial charge in [0.25, 0.3) is 11.6 Å². The maximum Gasteiger partial charge on any atom is 0.269 e. The van der Waals surface area contributed by atoms with Gasteiger partial charge >= 0.3 is 0 Å². The number of alkyl halides is 2. The Morgan fingerprint density at radius 3 is 2.19 bits per heavy atom. The molecule has 2 atom stereocenters. The van der Waals surface area contributed by atoms with E-state index in [9.17, 15) is 30.5 Å². The van der Waals surface area contributed by atoms with Crippen molar-refractivity contribution in [1.29, 1.82) is 0 Å². The number of non-ortho nitro benzene ring substituents is 1. The molecule has 1 aromatic carbocycles. The van der Waals surface area contributed by atoms with E-state index in [-0.39, 0.29) is 11.3 Å². The molecule has 1 aromatic rings. The normalized spacial score (nSPS) is 15.0. The van der Waals surface area contributed by atoms with Gasteiger partial charge in [-0.15, -0.1) is 0 Å². The van der Waals surface area contributed by atoms with Crippen LogP contribution in [0.3, 0.4) is 0 Å². The van der Waals surface area contributed by atoms with Crippen molar-refractivity contribution in [2.75, 3.05) is 6.61 Å². The lowest BCUT2D eigenvalue weighted by molar-refractivity contribution is -0.384. The van der Waals surface area contributed by atoms with Crippen LogP contribution in [0.2, 0.25) is 0 Å². The first kappa shape index (κ1) is 18.1. The van der Waals surface area contributed by atoms with Crippen molar-refractivity contribution in [3.63, 3.8) is 0 Å². The van der Waals surface area contributed by atoms with Gasteiger partial charge in [0.2, 0.25) is 0 Å². The van der Waals surface area contributed by atoms with E-state index >= 15 is 0 Å². The van der Waals surface area contributed by atoms with Crippen molar-refractivity contribution < 1.29 is 25.3 Å². The highest BCUT2D eigenvalue weighted by atomic mass is 35.5. The molecule has 0 spiro atoms. The Labute approximate surface area is 129 Å². The molecule has 0 aliphatic carbocycles. The van der Waals surface area contributed by atoms with Gasteiger partial charge in [0.05, 0.1) is 23.7 Å². The molecule has 0 unspecified atom stereocenters. The van der Waals surface area contributed by atoms with Gasteiger partial charge in [0.1, 0.15) is 0 Å². The smallest absolute Gasteiger partial charge is 0.269 e. The summed E-state index contributed by atoms with van der Waals surface area (Å²) in [4.78, 5) is 8.30. The predicted molar refractivity (Wildman–Crippen MR) is 74.7 cm³/mol. The van der Waals surface area contributed by atoms with Gasteiger partial charge in [-0.3, -0.25) is 15.4 Å². The number of rotatable bonds is 7. The number of benzene rings is 1. The maximum absolute atomic E-state index is 10.5. The summed E-state index contributed by atoms with van der Waals surface area (Å²) in [6.07, 6.45) is -1.37. The van der Waals surface area contributed by atoms with E-state index < -0.39 is 34.4 Å². The van der Waals surface area contributed by atoms with Crippen LogP contribution >= 0.6 is 23.2 Å². The minimum atomic E-state index is -2.72. The fraction of sp³-hybridized carbons (Fsp3) is 0.455. The van der Waals surface area contributed by atoms with E-state index in [1.165, 1.54) is 24.3 Å². The van der Waals surface area contributed by atoms with Crippen molar-refractivity contribution in [1.82, 2.24) is 5.32 Å². The molecule has 0 bridgehead atoms. The molecule has 1 rings (SSSR count). The zero-order valence-electron chi connectivity index (χ0n) is 10.6. The molecule has 0 heterocycles. The summed E-state index contributed by atoms with van der Waals surface area (Å²) in [6.45, 7) is -0.665. The quantitative estimate of drug-likeness (QED) is 0.204. The Hall–Kier alpha value is -1.00. The highest BCUT2D eigenvalue weighted by molar-refractivity contribution is 6.44. The van der Waals surface area contributed by atoms with Crippen LogP contribution in [0.1, 0.15) is 11.7 Å². The lowest BCUT2D eigenvalue weighted by atomic mass is 10.0. The number of aliphatic hydroxyl groups excluding tert-OH is 2. The zero-order chi connectivity index (χ0) is 16.2. The lowest BCUT2D eigenvalue weighted by Gasteiger charge is -2.31. The Kier molecular flexibility index (Phi) is 6.29. The molecule has 21 heavy (non-hydrogen) atoms. The first-order chi connectivity index (χ1) is 9.69. The fourth-order valence-corrected chi connectivity index (χ4v) is 1.71. The van der Waals surface area contributed by atoms with Crippen LogP contribution in [-0.4, -0.2) is 48.7 Å². The van der Waals surface area contributed by atoms with E-state index in [1.807, 2.05) is 0 Å². The second-order valence-electron chi connectivity index (χ2n) is 4.25. The fourth-order valence-electron chi connectivity index (χ4n) is 1.59. The average Bonchev–Trinajstić information content (AvgIpc) is 2.44. The summed E-state index contributed by atoms with van der Waals surface area (Å²) in [5, 5.41) is 50.8. The van der Waals surface area contributed by atoms with Crippen molar-refractivity contribution in [3.05, 3.63) is 39.9 Å². The highest BCUT2D eigenvalue weighted by Gasteiger charge is 2.36. The average molecular weight is 341 g/mol. The summed E-state index contributed by atoms with van der Waals surface area (Å²) < 4.78 is 0. The molecule has 0 amide bonds. The Balaban J connectivity index is 2.88. The summed E-state index contributed by atoms with van der Waals surface area (Å²) in [7, 11) is 0. The Bertz CT molecular complexity index is 482. The first-order valence-corrected chi connectivity index (χ1v) is 6.60.